The zero-order valence-corrected chi connectivity index (χ0v) is 11.7. The maximum atomic E-state index is 13.5. The van der Waals surface area contributed by atoms with Crippen LogP contribution in [0.3, 0.4) is 0 Å². The molecule has 0 fully saturated rings. The van der Waals surface area contributed by atoms with Crippen molar-refractivity contribution in [3.05, 3.63) is 70.5 Å². The first-order chi connectivity index (χ1) is 10.1. The topological polar surface area (TPSA) is 46.5 Å². The summed E-state index contributed by atoms with van der Waals surface area (Å²) in [5.41, 5.74) is 0.851. The number of carboxylic acid groups (broad SMARTS) is 1. The van der Waals surface area contributed by atoms with Crippen LogP contribution in [0, 0.1) is 5.82 Å². The van der Waals surface area contributed by atoms with Gasteiger partial charge in [-0.1, -0.05) is 35.9 Å². The molecule has 21 heavy (non-hydrogen) atoms. The Kier molecular flexibility index (Phi) is 4.95. The second kappa shape index (κ2) is 6.90. The fourth-order valence-electron chi connectivity index (χ4n) is 1.73. The highest BCUT2D eigenvalue weighted by Crippen LogP contribution is 2.28. The molecule has 2 rings (SSSR count). The lowest BCUT2D eigenvalue weighted by atomic mass is 10.1. The van der Waals surface area contributed by atoms with E-state index in [0.717, 1.165) is 6.08 Å². The molecule has 0 saturated carbocycles. The first-order valence-electron chi connectivity index (χ1n) is 6.13. The molecule has 0 amide bonds. The number of halogens is 2. The van der Waals surface area contributed by atoms with Crippen LogP contribution < -0.4 is 4.74 Å². The Hall–Kier alpha value is -2.33. The molecule has 0 aliphatic heterocycles. The van der Waals surface area contributed by atoms with E-state index < -0.39 is 5.97 Å². The molecular formula is C16H12ClFO3. The number of aliphatic carboxylic acids is 1. The van der Waals surface area contributed by atoms with Crippen molar-refractivity contribution >= 4 is 23.6 Å². The molecule has 1 N–H and O–H groups in total. The number of rotatable bonds is 5. The quantitative estimate of drug-likeness (QED) is 0.844. The SMILES string of the molecule is O=C(O)/C=C/c1c(Cl)cccc1OCc1ccccc1F. The van der Waals surface area contributed by atoms with E-state index in [2.05, 4.69) is 0 Å². The first-order valence-corrected chi connectivity index (χ1v) is 6.51. The average molecular weight is 307 g/mol. The minimum atomic E-state index is -1.09. The number of benzene rings is 2. The zero-order valence-electron chi connectivity index (χ0n) is 10.9. The van der Waals surface area contributed by atoms with Crippen LogP contribution in [0.5, 0.6) is 5.75 Å². The van der Waals surface area contributed by atoms with Gasteiger partial charge in [-0.15, -0.1) is 0 Å². The van der Waals surface area contributed by atoms with Gasteiger partial charge in [0, 0.05) is 17.2 Å². The Morgan fingerprint density at radius 1 is 1.24 bits per heavy atom. The fraction of sp³-hybridized carbons (Fsp3) is 0.0625. The molecule has 0 radical (unpaired) electrons. The van der Waals surface area contributed by atoms with E-state index in [1.54, 1.807) is 36.4 Å². The van der Waals surface area contributed by atoms with Crippen molar-refractivity contribution in [2.24, 2.45) is 0 Å². The summed E-state index contributed by atoms with van der Waals surface area (Å²) in [5.74, 6) is -1.06. The van der Waals surface area contributed by atoms with Gasteiger partial charge in [0.1, 0.15) is 18.2 Å². The summed E-state index contributed by atoms with van der Waals surface area (Å²) in [4.78, 5) is 10.6. The lowest BCUT2D eigenvalue weighted by Gasteiger charge is -2.11. The van der Waals surface area contributed by atoms with Crippen molar-refractivity contribution in [2.75, 3.05) is 0 Å². The predicted octanol–water partition coefficient (Wildman–Crippen LogP) is 4.16. The second-order valence-corrected chi connectivity index (χ2v) is 4.61. The van der Waals surface area contributed by atoms with Gasteiger partial charge in [0.2, 0.25) is 0 Å². The molecule has 2 aromatic carbocycles. The van der Waals surface area contributed by atoms with E-state index in [1.165, 1.54) is 12.1 Å². The molecule has 108 valence electrons. The van der Waals surface area contributed by atoms with E-state index in [1.807, 2.05) is 0 Å². The monoisotopic (exact) mass is 306 g/mol. The largest absolute Gasteiger partial charge is 0.488 e. The predicted molar refractivity (Wildman–Crippen MR) is 78.9 cm³/mol. The molecule has 3 nitrogen and oxygen atoms in total. The minimum Gasteiger partial charge on any atom is -0.488 e. The zero-order chi connectivity index (χ0) is 15.2. The maximum absolute atomic E-state index is 13.5. The van der Waals surface area contributed by atoms with E-state index in [4.69, 9.17) is 21.4 Å². The Morgan fingerprint density at radius 3 is 2.71 bits per heavy atom. The van der Waals surface area contributed by atoms with E-state index in [-0.39, 0.29) is 12.4 Å². The van der Waals surface area contributed by atoms with Crippen molar-refractivity contribution in [1.82, 2.24) is 0 Å². The van der Waals surface area contributed by atoms with E-state index in [9.17, 15) is 9.18 Å². The molecule has 0 atom stereocenters. The van der Waals surface area contributed by atoms with Gasteiger partial charge in [0.15, 0.2) is 0 Å². The highest BCUT2D eigenvalue weighted by Gasteiger charge is 2.08. The molecule has 0 aliphatic carbocycles. The van der Waals surface area contributed by atoms with Crippen molar-refractivity contribution in [3.63, 3.8) is 0 Å². The number of carboxylic acids is 1. The Balaban J connectivity index is 2.22. The fourth-order valence-corrected chi connectivity index (χ4v) is 1.96. The third-order valence-electron chi connectivity index (χ3n) is 2.75. The highest BCUT2D eigenvalue weighted by molar-refractivity contribution is 6.32. The summed E-state index contributed by atoms with van der Waals surface area (Å²) in [6.07, 6.45) is 2.32. The van der Waals surface area contributed by atoms with Crippen molar-refractivity contribution in [1.29, 1.82) is 0 Å². The maximum Gasteiger partial charge on any atom is 0.328 e. The highest BCUT2D eigenvalue weighted by atomic mass is 35.5. The van der Waals surface area contributed by atoms with Gasteiger partial charge in [-0.2, -0.15) is 0 Å². The molecule has 2 aromatic rings. The third-order valence-corrected chi connectivity index (χ3v) is 3.08. The summed E-state index contributed by atoms with van der Waals surface area (Å²) in [6, 6.07) is 11.2. The van der Waals surface area contributed by atoms with Crippen LogP contribution in [-0.2, 0) is 11.4 Å². The average Bonchev–Trinajstić information content (AvgIpc) is 2.45. The van der Waals surface area contributed by atoms with Crippen LogP contribution >= 0.6 is 11.6 Å². The Bertz CT molecular complexity index is 683. The van der Waals surface area contributed by atoms with Crippen LogP contribution in [0.2, 0.25) is 5.02 Å². The summed E-state index contributed by atoms with van der Waals surface area (Å²) < 4.78 is 19.1. The van der Waals surface area contributed by atoms with Gasteiger partial charge in [0.25, 0.3) is 0 Å². The van der Waals surface area contributed by atoms with Gasteiger partial charge in [-0.25, -0.2) is 9.18 Å². The molecule has 0 spiro atoms. The van der Waals surface area contributed by atoms with Crippen LogP contribution in [-0.4, -0.2) is 11.1 Å². The summed E-state index contributed by atoms with van der Waals surface area (Å²) in [7, 11) is 0. The van der Waals surface area contributed by atoms with Crippen LogP contribution in [0.1, 0.15) is 11.1 Å². The van der Waals surface area contributed by atoms with E-state index >= 15 is 0 Å². The molecule has 0 bridgehead atoms. The summed E-state index contributed by atoms with van der Waals surface area (Å²) in [5, 5.41) is 9.04. The third kappa shape index (κ3) is 4.07. The van der Waals surface area contributed by atoms with Gasteiger partial charge in [-0.3, -0.25) is 0 Å². The van der Waals surface area contributed by atoms with Crippen LogP contribution in [0.15, 0.2) is 48.5 Å². The number of carbonyl (C=O) groups is 1. The summed E-state index contributed by atoms with van der Waals surface area (Å²) in [6.45, 7) is 0.0287. The number of hydrogen-bond acceptors (Lipinski definition) is 2. The second-order valence-electron chi connectivity index (χ2n) is 4.20. The van der Waals surface area contributed by atoms with Crippen LogP contribution in [0.25, 0.3) is 6.08 Å². The molecule has 0 saturated heterocycles. The lowest BCUT2D eigenvalue weighted by Crippen LogP contribution is -2.00. The molecule has 0 aromatic heterocycles. The summed E-state index contributed by atoms with van der Waals surface area (Å²) >= 11 is 6.03. The molecular weight excluding hydrogens is 295 g/mol. The van der Waals surface area contributed by atoms with E-state index in [0.29, 0.717) is 21.9 Å². The lowest BCUT2D eigenvalue weighted by molar-refractivity contribution is -0.131. The van der Waals surface area contributed by atoms with Gasteiger partial charge >= 0.3 is 5.97 Å². The van der Waals surface area contributed by atoms with Crippen molar-refractivity contribution in [3.8, 4) is 5.75 Å². The Morgan fingerprint density at radius 2 is 2.00 bits per heavy atom. The molecule has 5 heteroatoms. The standard InChI is InChI=1S/C16H12ClFO3/c17-13-5-3-7-15(12(13)8-9-16(19)20)21-10-11-4-1-2-6-14(11)18/h1-9H,10H2,(H,19,20)/b9-8+. The normalized spacial score (nSPS) is 10.8. The van der Waals surface area contributed by atoms with Gasteiger partial charge in [-0.05, 0) is 24.3 Å². The molecule has 0 unspecified atom stereocenters. The van der Waals surface area contributed by atoms with Crippen molar-refractivity contribution < 1.29 is 19.0 Å². The molecule has 0 heterocycles. The first kappa shape index (κ1) is 15.1. The minimum absolute atomic E-state index is 0.0287. The van der Waals surface area contributed by atoms with Gasteiger partial charge in [0.05, 0.1) is 5.02 Å². The van der Waals surface area contributed by atoms with Gasteiger partial charge < -0.3 is 9.84 Å². The van der Waals surface area contributed by atoms with Crippen LogP contribution in [0.4, 0.5) is 4.39 Å². The Labute approximate surface area is 126 Å². The van der Waals surface area contributed by atoms with Crippen molar-refractivity contribution in [2.45, 2.75) is 6.61 Å². The smallest absolute Gasteiger partial charge is 0.328 e. The number of ether oxygens (including phenoxy) is 1. The molecule has 0 aliphatic rings. The number of hydrogen-bond donors (Lipinski definition) is 1.